The minimum atomic E-state index is -2.13. The molecular formula is C15H20O11. The molecule has 0 aliphatic heterocycles. The van der Waals surface area contributed by atoms with Crippen molar-refractivity contribution < 1.29 is 52.8 Å². The quantitative estimate of drug-likeness (QED) is 0.310. The minimum absolute atomic E-state index is 0.787. The van der Waals surface area contributed by atoms with Crippen LogP contribution in [0, 0.1) is 0 Å². The maximum atomic E-state index is 11.9. The van der Waals surface area contributed by atoms with E-state index in [1.807, 2.05) is 0 Å². The van der Waals surface area contributed by atoms with Crippen LogP contribution in [0.5, 0.6) is 0 Å². The summed E-state index contributed by atoms with van der Waals surface area (Å²) in [6, 6.07) is 0. The maximum absolute atomic E-state index is 11.9. The Morgan fingerprint density at radius 2 is 1.04 bits per heavy atom. The summed E-state index contributed by atoms with van der Waals surface area (Å²) in [6.45, 7) is 5.11. The third-order valence-corrected chi connectivity index (χ3v) is 2.80. The summed E-state index contributed by atoms with van der Waals surface area (Å²) in [6.07, 6.45) is -6.87. The van der Waals surface area contributed by atoms with Crippen molar-refractivity contribution in [3.8, 4) is 0 Å². The number of carbonyl (C=O) groups excluding carboxylic acids is 5. The number of carboxylic acids is 1. The van der Waals surface area contributed by atoms with Crippen molar-refractivity contribution in [3.05, 3.63) is 0 Å². The van der Waals surface area contributed by atoms with E-state index in [1.54, 1.807) is 0 Å². The van der Waals surface area contributed by atoms with E-state index in [4.69, 9.17) is 19.3 Å². The highest BCUT2D eigenvalue weighted by Crippen LogP contribution is 2.20. The minimum Gasteiger partial charge on any atom is -0.475 e. The van der Waals surface area contributed by atoms with Crippen LogP contribution in [0.1, 0.15) is 34.6 Å². The second-order valence-electron chi connectivity index (χ2n) is 5.16. The molecule has 0 aromatic heterocycles. The number of aliphatic carboxylic acids is 1. The van der Waals surface area contributed by atoms with Gasteiger partial charge in [0.1, 0.15) is 6.10 Å². The van der Waals surface area contributed by atoms with Gasteiger partial charge in [-0.2, -0.15) is 0 Å². The summed E-state index contributed by atoms with van der Waals surface area (Å²) in [5.41, 5.74) is 0. The Morgan fingerprint density at radius 3 is 1.38 bits per heavy atom. The van der Waals surface area contributed by atoms with Crippen LogP contribution in [0.15, 0.2) is 0 Å². The summed E-state index contributed by atoms with van der Waals surface area (Å²) in [5.74, 6) is -7.34. The molecule has 0 aromatic carbocycles. The molecule has 0 spiro atoms. The van der Waals surface area contributed by atoms with Gasteiger partial charge in [0, 0.05) is 27.7 Å². The largest absolute Gasteiger partial charge is 0.475 e. The van der Waals surface area contributed by atoms with Gasteiger partial charge in [-0.3, -0.25) is 24.0 Å². The van der Waals surface area contributed by atoms with Crippen molar-refractivity contribution in [2.45, 2.75) is 59.0 Å². The Hall–Kier alpha value is -2.98. The number of carboxylic acid groups (broad SMARTS) is 1. The van der Waals surface area contributed by atoms with Gasteiger partial charge in [0.05, 0.1) is 0 Å². The van der Waals surface area contributed by atoms with Crippen LogP contribution in [0.2, 0.25) is 0 Å². The van der Waals surface area contributed by atoms with E-state index in [0.717, 1.165) is 27.7 Å². The number of rotatable bonds is 9. The van der Waals surface area contributed by atoms with Gasteiger partial charge < -0.3 is 24.1 Å². The van der Waals surface area contributed by atoms with Crippen molar-refractivity contribution in [1.82, 2.24) is 0 Å². The monoisotopic (exact) mass is 376 g/mol. The molecule has 0 aromatic rings. The summed E-state index contributed by atoms with van der Waals surface area (Å²) in [4.78, 5) is 68.1. The van der Waals surface area contributed by atoms with Crippen molar-refractivity contribution in [1.29, 1.82) is 0 Å². The molecule has 0 heterocycles. The van der Waals surface area contributed by atoms with Crippen LogP contribution in [0.4, 0.5) is 0 Å². The Balaban J connectivity index is 6.10. The van der Waals surface area contributed by atoms with Gasteiger partial charge in [-0.1, -0.05) is 0 Å². The number of hydrogen-bond donors (Lipinski definition) is 1. The van der Waals surface area contributed by atoms with E-state index >= 15 is 0 Å². The molecule has 0 aliphatic rings. The van der Waals surface area contributed by atoms with Crippen LogP contribution >= 0.6 is 0 Å². The van der Waals surface area contributed by atoms with Gasteiger partial charge in [0.15, 0.2) is 12.2 Å². The standard InChI is InChI=1S/C15H20O11/c1-6(23-7(2)16)12(24-8(3)17)14(26-10(5)19)13(25-9(4)18)11(20)15(21)22/h6,12-14H,1-5H3,(H,21,22)/t6-,12+,13+,14+/m1/s1. The average molecular weight is 376 g/mol. The molecule has 4 atom stereocenters. The first-order valence-electron chi connectivity index (χ1n) is 7.32. The third kappa shape index (κ3) is 7.73. The number of ketones is 1. The van der Waals surface area contributed by atoms with E-state index in [1.165, 1.54) is 6.92 Å². The van der Waals surface area contributed by atoms with Crippen LogP contribution in [0.3, 0.4) is 0 Å². The summed E-state index contributed by atoms with van der Waals surface area (Å²) < 4.78 is 19.4. The van der Waals surface area contributed by atoms with Gasteiger partial charge in [0.2, 0.25) is 6.10 Å². The molecule has 0 aliphatic carbocycles. The topological polar surface area (TPSA) is 160 Å². The Bertz CT molecular complexity index is 594. The molecule has 0 fully saturated rings. The SMILES string of the molecule is CC(=O)O[C@H]([C@H](OC(C)=O)[C@@H](OC(C)=O)C(=O)C(=O)O)[C@@H](C)OC(C)=O. The lowest BCUT2D eigenvalue weighted by atomic mass is 9.99. The molecule has 0 unspecified atom stereocenters. The van der Waals surface area contributed by atoms with Crippen LogP contribution in [-0.4, -0.2) is 65.2 Å². The lowest BCUT2D eigenvalue weighted by Crippen LogP contribution is -2.54. The number of Topliss-reactive ketones (excluding diaryl/α,β-unsaturated/α-hetero) is 1. The number of hydrogen-bond acceptors (Lipinski definition) is 10. The molecule has 0 bridgehead atoms. The number of carbonyl (C=O) groups is 6. The van der Waals surface area contributed by atoms with Crippen molar-refractivity contribution in [2.75, 3.05) is 0 Å². The van der Waals surface area contributed by atoms with Crippen molar-refractivity contribution >= 4 is 35.6 Å². The van der Waals surface area contributed by atoms with Crippen LogP contribution in [-0.2, 0) is 47.7 Å². The smallest absolute Gasteiger partial charge is 0.376 e. The maximum Gasteiger partial charge on any atom is 0.376 e. The van der Waals surface area contributed by atoms with E-state index < -0.39 is 60.0 Å². The van der Waals surface area contributed by atoms with Gasteiger partial charge in [0.25, 0.3) is 5.78 Å². The third-order valence-electron chi connectivity index (χ3n) is 2.80. The predicted molar refractivity (Wildman–Crippen MR) is 80.5 cm³/mol. The molecule has 1 N–H and O–H groups in total. The molecule has 0 rings (SSSR count). The molecule has 0 saturated carbocycles. The normalized spacial score (nSPS) is 14.8. The van der Waals surface area contributed by atoms with Gasteiger partial charge in [-0.25, -0.2) is 4.79 Å². The highest BCUT2D eigenvalue weighted by molar-refractivity contribution is 6.35. The van der Waals surface area contributed by atoms with Gasteiger partial charge in [-0.15, -0.1) is 0 Å². The van der Waals surface area contributed by atoms with Gasteiger partial charge >= 0.3 is 29.8 Å². The average Bonchev–Trinajstić information content (AvgIpc) is 2.46. The molecule has 26 heavy (non-hydrogen) atoms. The molecule has 0 radical (unpaired) electrons. The van der Waals surface area contributed by atoms with Crippen LogP contribution < -0.4 is 0 Å². The van der Waals surface area contributed by atoms with E-state index in [9.17, 15) is 28.8 Å². The first kappa shape index (κ1) is 23.0. The fraction of sp³-hybridized carbons (Fsp3) is 0.600. The van der Waals surface area contributed by atoms with E-state index in [-0.39, 0.29) is 0 Å². The Labute approximate surface area is 148 Å². The highest BCUT2D eigenvalue weighted by Gasteiger charge is 2.46. The fourth-order valence-electron chi connectivity index (χ4n) is 2.01. The van der Waals surface area contributed by atoms with Gasteiger partial charge in [-0.05, 0) is 6.92 Å². The first-order chi connectivity index (χ1) is 11.9. The lowest BCUT2D eigenvalue weighted by Gasteiger charge is -2.33. The Kier molecular flexibility index (Phi) is 8.95. The molecule has 0 saturated heterocycles. The Morgan fingerprint density at radius 1 is 0.654 bits per heavy atom. The van der Waals surface area contributed by atoms with Crippen molar-refractivity contribution in [2.24, 2.45) is 0 Å². The molecule has 11 heteroatoms. The highest BCUT2D eigenvalue weighted by atomic mass is 16.6. The second-order valence-corrected chi connectivity index (χ2v) is 5.16. The second kappa shape index (κ2) is 10.1. The molecular weight excluding hydrogens is 356 g/mol. The molecule has 146 valence electrons. The summed E-state index contributed by atoms with van der Waals surface area (Å²) >= 11 is 0. The number of esters is 4. The molecule has 11 nitrogen and oxygen atoms in total. The zero-order valence-electron chi connectivity index (χ0n) is 14.8. The predicted octanol–water partition coefficient (Wildman–Crippen LogP) is -0.613. The number of ether oxygens (including phenoxy) is 4. The summed E-state index contributed by atoms with van der Waals surface area (Å²) in [7, 11) is 0. The van der Waals surface area contributed by atoms with Crippen LogP contribution in [0.25, 0.3) is 0 Å². The lowest BCUT2D eigenvalue weighted by molar-refractivity contribution is -0.198. The van der Waals surface area contributed by atoms with Crippen molar-refractivity contribution in [3.63, 3.8) is 0 Å². The molecule has 0 amide bonds. The van der Waals surface area contributed by atoms with E-state index in [0.29, 0.717) is 0 Å². The summed E-state index contributed by atoms with van der Waals surface area (Å²) in [5, 5.41) is 8.92. The van der Waals surface area contributed by atoms with E-state index in [2.05, 4.69) is 4.74 Å². The fourth-order valence-corrected chi connectivity index (χ4v) is 2.01. The first-order valence-corrected chi connectivity index (χ1v) is 7.32. The zero-order chi connectivity index (χ0) is 20.6. The zero-order valence-corrected chi connectivity index (χ0v) is 14.8.